The molecule has 2 aromatic rings. The van der Waals surface area contributed by atoms with Gasteiger partial charge in [-0.1, -0.05) is 56.4 Å². The molecule has 0 saturated heterocycles. The average Bonchev–Trinajstić information content (AvgIpc) is 2.97. The zero-order valence-corrected chi connectivity index (χ0v) is 12.4. The van der Waals surface area contributed by atoms with Gasteiger partial charge in [-0.05, 0) is 18.5 Å². The molecule has 2 rings (SSSR count). The number of benzene rings is 1. The van der Waals surface area contributed by atoms with Gasteiger partial charge in [-0.25, -0.2) is 0 Å². The summed E-state index contributed by atoms with van der Waals surface area (Å²) in [7, 11) is 0. The van der Waals surface area contributed by atoms with E-state index in [-0.39, 0.29) is 5.78 Å². The number of nitrogens with zero attached hydrogens (tertiary/aromatic N) is 2. The second-order valence-electron chi connectivity index (χ2n) is 2.92. The molecule has 3 nitrogen and oxygen atoms in total. The van der Waals surface area contributed by atoms with Gasteiger partial charge < -0.3 is 0 Å². The smallest absolute Gasteiger partial charge is 0.159 e. The normalized spacial score (nSPS) is 8.50. The topological polar surface area (TPSA) is 42.9 Å². The van der Waals surface area contributed by atoms with Crippen molar-refractivity contribution in [3.05, 3.63) is 35.2 Å². The van der Waals surface area contributed by atoms with E-state index in [1.807, 2.05) is 45.2 Å². The van der Waals surface area contributed by atoms with E-state index in [0.717, 1.165) is 16.8 Å². The molecule has 18 heavy (non-hydrogen) atoms. The first-order valence-electron chi connectivity index (χ1n) is 6.16. The third-order valence-electron chi connectivity index (χ3n) is 1.95. The number of carbonyl (C=O) groups excluding carboxylic acids is 1. The van der Waals surface area contributed by atoms with Gasteiger partial charge in [0.15, 0.2) is 5.78 Å². The van der Waals surface area contributed by atoms with E-state index < -0.39 is 0 Å². The quantitative estimate of drug-likeness (QED) is 0.752. The highest BCUT2D eigenvalue weighted by Crippen LogP contribution is 2.18. The number of rotatable bonds is 2. The van der Waals surface area contributed by atoms with E-state index in [4.69, 9.17) is 0 Å². The van der Waals surface area contributed by atoms with Crippen molar-refractivity contribution in [2.45, 2.75) is 34.6 Å². The van der Waals surface area contributed by atoms with Gasteiger partial charge in [0.25, 0.3) is 0 Å². The van der Waals surface area contributed by atoms with Crippen LogP contribution in [0.3, 0.4) is 0 Å². The second-order valence-corrected chi connectivity index (χ2v) is 3.53. The lowest BCUT2D eigenvalue weighted by atomic mass is 10.1. The molecular formula is C14H20N2OS. The van der Waals surface area contributed by atoms with Gasteiger partial charge >= 0.3 is 0 Å². The van der Waals surface area contributed by atoms with E-state index in [2.05, 4.69) is 9.59 Å². The molecule has 0 spiro atoms. The first-order chi connectivity index (χ1) is 8.77. The monoisotopic (exact) mass is 264 g/mol. The lowest BCUT2D eigenvalue weighted by molar-refractivity contribution is 0.101. The predicted octanol–water partition coefficient (Wildman–Crippen LogP) is 4.46. The minimum Gasteiger partial charge on any atom is -0.295 e. The van der Waals surface area contributed by atoms with Gasteiger partial charge in [0, 0.05) is 16.5 Å². The van der Waals surface area contributed by atoms with E-state index in [0.29, 0.717) is 0 Å². The van der Waals surface area contributed by atoms with Gasteiger partial charge in [-0.2, -0.15) is 0 Å². The summed E-state index contributed by atoms with van der Waals surface area (Å²) in [5.41, 5.74) is 2.56. The molecule has 98 valence electrons. The Labute approximate surface area is 113 Å². The zero-order chi connectivity index (χ0) is 14.0. The molecule has 4 heteroatoms. The number of carbonyl (C=O) groups is 1. The van der Waals surface area contributed by atoms with E-state index in [1.54, 1.807) is 19.1 Å². The van der Waals surface area contributed by atoms with Crippen molar-refractivity contribution in [2.24, 2.45) is 0 Å². The second kappa shape index (κ2) is 9.48. The van der Waals surface area contributed by atoms with Crippen LogP contribution in [0.1, 0.15) is 45.0 Å². The van der Waals surface area contributed by atoms with Crippen molar-refractivity contribution >= 4 is 17.3 Å². The van der Waals surface area contributed by atoms with Crippen LogP contribution in [-0.2, 0) is 0 Å². The summed E-state index contributed by atoms with van der Waals surface area (Å²) in [6, 6.07) is 7.37. The molecule has 1 heterocycles. The first kappa shape index (κ1) is 16.4. The molecule has 0 aliphatic heterocycles. The lowest BCUT2D eigenvalue weighted by Crippen LogP contribution is -1.90. The van der Waals surface area contributed by atoms with Crippen LogP contribution < -0.4 is 0 Å². The molecule has 0 radical (unpaired) electrons. The molecule has 0 N–H and O–H groups in total. The Bertz CT molecular complexity index is 435. The molecular weight excluding hydrogens is 244 g/mol. The summed E-state index contributed by atoms with van der Waals surface area (Å²) in [4.78, 5) is 11.0. The van der Waals surface area contributed by atoms with E-state index in [9.17, 15) is 4.79 Å². The third-order valence-corrected chi connectivity index (χ3v) is 2.45. The van der Waals surface area contributed by atoms with E-state index >= 15 is 0 Å². The Hall–Kier alpha value is -1.55. The third kappa shape index (κ3) is 4.75. The largest absolute Gasteiger partial charge is 0.295 e. The highest BCUT2D eigenvalue weighted by molar-refractivity contribution is 7.03. The molecule has 0 aliphatic rings. The van der Waals surface area contributed by atoms with Gasteiger partial charge in [0.05, 0.1) is 0 Å². The Balaban J connectivity index is 0.000000659. The number of hydrogen-bond donors (Lipinski definition) is 0. The highest BCUT2D eigenvalue weighted by atomic mass is 32.1. The lowest BCUT2D eigenvalue weighted by Gasteiger charge is -1.97. The number of Topliss-reactive ketones (excluding diaryl/α,β-unsaturated/α-hetero) is 1. The van der Waals surface area contributed by atoms with Gasteiger partial charge in [0.1, 0.15) is 5.69 Å². The minimum atomic E-state index is 0.0768. The van der Waals surface area contributed by atoms with Crippen molar-refractivity contribution < 1.29 is 4.79 Å². The SMILES string of the molecule is CC.CC.CC(=O)c1ccc(-c2csnn2)cc1. The number of aromatic nitrogens is 2. The van der Waals surface area contributed by atoms with Crippen LogP contribution >= 0.6 is 11.5 Å². The Morgan fingerprint density at radius 2 is 1.61 bits per heavy atom. The Morgan fingerprint density at radius 3 is 2.00 bits per heavy atom. The van der Waals surface area contributed by atoms with Crippen LogP contribution in [0, 0.1) is 0 Å². The summed E-state index contributed by atoms with van der Waals surface area (Å²) in [5, 5.41) is 5.82. The molecule has 0 amide bonds. The summed E-state index contributed by atoms with van der Waals surface area (Å²) in [5.74, 6) is 0.0768. The maximum atomic E-state index is 11.0. The summed E-state index contributed by atoms with van der Waals surface area (Å²) in [6.45, 7) is 9.55. The molecule has 0 saturated carbocycles. The molecule has 0 fully saturated rings. The average molecular weight is 264 g/mol. The van der Waals surface area contributed by atoms with Crippen LogP contribution in [0.25, 0.3) is 11.3 Å². The highest BCUT2D eigenvalue weighted by Gasteiger charge is 2.02. The van der Waals surface area contributed by atoms with Gasteiger partial charge in [-0.15, -0.1) is 5.10 Å². The van der Waals surface area contributed by atoms with Crippen molar-refractivity contribution in [1.29, 1.82) is 0 Å². The van der Waals surface area contributed by atoms with Crippen molar-refractivity contribution in [3.8, 4) is 11.3 Å². The fourth-order valence-corrected chi connectivity index (χ4v) is 1.63. The van der Waals surface area contributed by atoms with Gasteiger partial charge in [0.2, 0.25) is 0 Å². The van der Waals surface area contributed by atoms with Crippen molar-refractivity contribution in [2.75, 3.05) is 0 Å². The van der Waals surface area contributed by atoms with Crippen molar-refractivity contribution in [1.82, 2.24) is 9.59 Å². The van der Waals surface area contributed by atoms with Crippen LogP contribution in [0.2, 0.25) is 0 Å². The molecule has 1 aromatic carbocycles. The first-order valence-corrected chi connectivity index (χ1v) is 6.99. The summed E-state index contributed by atoms with van der Waals surface area (Å²) < 4.78 is 3.78. The van der Waals surface area contributed by atoms with Crippen molar-refractivity contribution in [3.63, 3.8) is 0 Å². The van der Waals surface area contributed by atoms with Crippen LogP contribution in [0.4, 0.5) is 0 Å². The minimum absolute atomic E-state index is 0.0768. The maximum absolute atomic E-state index is 11.0. The Kier molecular flexibility index (Phi) is 8.66. The summed E-state index contributed by atoms with van der Waals surface area (Å²) in [6.07, 6.45) is 0. The predicted molar refractivity (Wildman–Crippen MR) is 78.0 cm³/mol. The van der Waals surface area contributed by atoms with Crippen LogP contribution in [0.5, 0.6) is 0 Å². The zero-order valence-electron chi connectivity index (χ0n) is 11.6. The number of ketones is 1. The van der Waals surface area contributed by atoms with Crippen LogP contribution in [-0.4, -0.2) is 15.4 Å². The Morgan fingerprint density at radius 1 is 1.06 bits per heavy atom. The fourth-order valence-electron chi connectivity index (χ4n) is 1.17. The fraction of sp³-hybridized carbons (Fsp3) is 0.357. The standard InChI is InChI=1S/C10H8N2OS.2C2H6/c1-7(13)8-2-4-9(5-3-8)10-6-14-12-11-10;2*1-2/h2-6H,1H3;2*1-2H3. The summed E-state index contributed by atoms with van der Waals surface area (Å²) >= 11 is 1.32. The molecule has 0 atom stereocenters. The van der Waals surface area contributed by atoms with Gasteiger partial charge in [-0.3, -0.25) is 4.79 Å². The van der Waals surface area contributed by atoms with E-state index in [1.165, 1.54) is 11.5 Å². The molecule has 0 unspecified atom stereocenters. The molecule has 0 aliphatic carbocycles. The number of hydrogen-bond acceptors (Lipinski definition) is 4. The molecule has 0 bridgehead atoms. The van der Waals surface area contributed by atoms with Crippen LogP contribution in [0.15, 0.2) is 29.6 Å². The maximum Gasteiger partial charge on any atom is 0.159 e. The molecule has 1 aromatic heterocycles.